The van der Waals surface area contributed by atoms with Gasteiger partial charge in [-0.3, -0.25) is 4.90 Å². The fourth-order valence-corrected chi connectivity index (χ4v) is 2.77. The van der Waals surface area contributed by atoms with Crippen molar-refractivity contribution in [2.45, 2.75) is 20.4 Å². The van der Waals surface area contributed by atoms with E-state index in [1.807, 2.05) is 6.92 Å². The Morgan fingerprint density at radius 3 is 2.62 bits per heavy atom. The van der Waals surface area contributed by atoms with Crippen LogP contribution in [-0.2, 0) is 6.54 Å². The molecular formula is C17H25N3S. The van der Waals surface area contributed by atoms with Gasteiger partial charge in [-0.15, -0.1) is 0 Å². The molecule has 1 fully saturated rings. The lowest BCUT2D eigenvalue weighted by Gasteiger charge is -2.36. The van der Waals surface area contributed by atoms with Crippen LogP contribution < -0.4 is 5.32 Å². The first-order valence-electron chi connectivity index (χ1n) is 7.49. The number of hydrogen-bond acceptors (Lipinski definition) is 2. The van der Waals surface area contributed by atoms with Crippen LogP contribution in [0.15, 0.2) is 36.4 Å². The largest absolute Gasteiger partial charge is 0.359 e. The molecule has 1 saturated heterocycles. The molecule has 1 aromatic rings. The summed E-state index contributed by atoms with van der Waals surface area (Å²) in [6.45, 7) is 13.9. The number of hydrogen-bond donors (Lipinski definition) is 1. The van der Waals surface area contributed by atoms with E-state index >= 15 is 0 Å². The molecule has 0 atom stereocenters. The molecule has 0 bridgehead atoms. The van der Waals surface area contributed by atoms with E-state index in [0.717, 1.165) is 50.0 Å². The van der Waals surface area contributed by atoms with Crippen LogP contribution in [0.5, 0.6) is 0 Å². The van der Waals surface area contributed by atoms with Crippen molar-refractivity contribution >= 4 is 17.3 Å². The van der Waals surface area contributed by atoms with E-state index in [1.54, 1.807) is 0 Å². The second-order valence-electron chi connectivity index (χ2n) is 5.87. The van der Waals surface area contributed by atoms with Gasteiger partial charge in [0.25, 0.3) is 0 Å². The molecule has 1 heterocycles. The number of rotatable bonds is 4. The maximum atomic E-state index is 5.43. The van der Waals surface area contributed by atoms with Crippen LogP contribution in [0.1, 0.15) is 18.1 Å². The predicted molar refractivity (Wildman–Crippen MR) is 93.4 cm³/mol. The molecule has 1 N–H and O–H groups in total. The van der Waals surface area contributed by atoms with Crippen LogP contribution in [0.25, 0.3) is 0 Å². The van der Waals surface area contributed by atoms with Crippen molar-refractivity contribution in [3.05, 3.63) is 47.5 Å². The third-order valence-corrected chi connectivity index (χ3v) is 4.09. The molecule has 0 spiro atoms. The first-order valence-corrected chi connectivity index (χ1v) is 7.90. The number of piperazine rings is 1. The highest BCUT2D eigenvalue weighted by Crippen LogP contribution is 2.10. The third kappa shape index (κ3) is 5.14. The fraction of sp³-hybridized carbons (Fsp3) is 0.471. The van der Waals surface area contributed by atoms with Gasteiger partial charge in [0.1, 0.15) is 0 Å². The van der Waals surface area contributed by atoms with Gasteiger partial charge in [-0.05, 0) is 31.6 Å². The van der Waals surface area contributed by atoms with Gasteiger partial charge in [-0.25, -0.2) is 0 Å². The summed E-state index contributed by atoms with van der Waals surface area (Å²) in [4.78, 5) is 4.75. The Bertz CT molecular complexity index is 505. The van der Waals surface area contributed by atoms with Gasteiger partial charge in [0, 0.05) is 39.3 Å². The number of aryl methyl sites for hydroxylation is 1. The summed E-state index contributed by atoms with van der Waals surface area (Å²) in [5, 5.41) is 4.12. The Labute approximate surface area is 133 Å². The molecule has 0 aliphatic carbocycles. The second kappa shape index (κ2) is 7.57. The second-order valence-corrected chi connectivity index (χ2v) is 6.25. The van der Waals surface area contributed by atoms with Gasteiger partial charge in [-0.1, -0.05) is 42.0 Å². The van der Waals surface area contributed by atoms with E-state index in [0.29, 0.717) is 0 Å². The van der Waals surface area contributed by atoms with Crippen molar-refractivity contribution in [3.8, 4) is 0 Å². The summed E-state index contributed by atoms with van der Waals surface area (Å²) >= 11 is 5.43. The first kappa shape index (κ1) is 16.0. The van der Waals surface area contributed by atoms with Crippen LogP contribution in [-0.4, -0.2) is 47.6 Å². The molecular weight excluding hydrogens is 278 g/mol. The minimum Gasteiger partial charge on any atom is -0.359 e. The molecule has 0 saturated carbocycles. The van der Waals surface area contributed by atoms with E-state index in [9.17, 15) is 0 Å². The number of thiocarbonyl (C=S) groups is 1. The lowest BCUT2D eigenvalue weighted by atomic mass is 10.1. The topological polar surface area (TPSA) is 18.5 Å². The van der Waals surface area contributed by atoms with Crippen molar-refractivity contribution in [3.63, 3.8) is 0 Å². The monoisotopic (exact) mass is 303 g/mol. The average Bonchev–Trinajstić information content (AvgIpc) is 2.45. The summed E-state index contributed by atoms with van der Waals surface area (Å²) in [6, 6.07) is 8.76. The maximum absolute atomic E-state index is 5.43. The number of nitrogens with one attached hydrogen (secondary N) is 1. The smallest absolute Gasteiger partial charge is 0.169 e. The quantitative estimate of drug-likeness (QED) is 0.680. The van der Waals surface area contributed by atoms with E-state index in [2.05, 4.69) is 52.9 Å². The molecule has 1 aromatic carbocycles. The van der Waals surface area contributed by atoms with E-state index in [-0.39, 0.29) is 0 Å². The zero-order valence-electron chi connectivity index (χ0n) is 13.1. The Kier molecular flexibility index (Phi) is 5.76. The van der Waals surface area contributed by atoms with Gasteiger partial charge >= 0.3 is 0 Å². The van der Waals surface area contributed by atoms with Crippen LogP contribution in [0.4, 0.5) is 0 Å². The molecule has 4 heteroatoms. The third-order valence-electron chi connectivity index (χ3n) is 3.69. The van der Waals surface area contributed by atoms with Gasteiger partial charge in [0.2, 0.25) is 0 Å². The SMILES string of the molecule is C=C(C)CNC(=S)N1CCN(Cc2cccc(C)c2)CC1. The van der Waals surface area contributed by atoms with Crippen molar-refractivity contribution in [1.82, 2.24) is 15.1 Å². The molecule has 2 rings (SSSR count). The summed E-state index contributed by atoms with van der Waals surface area (Å²) in [5.41, 5.74) is 3.83. The molecule has 114 valence electrons. The van der Waals surface area contributed by atoms with Crippen molar-refractivity contribution in [2.24, 2.45) is 0 Å². The van der Waals surface area contributed by atoms with Gasteiger partial charge < -0.3 is 10.2 Å². The Morgan fingerprint density at radius 2 is 2.00 bits per heavy atom. The Hall–Kier alpha value is -1.39. The fourth-order valence-electron chi connectivity index (χ4n) is 2.52. The molecule has 1 aliphatic rings. The van der Waals surface area contributed by atoms with E-state index < -0.39 is 0 Å². The predicted octanol–water partition coefficient (Wildman–Crippen LogP) is 2.56. The number of nitrogens with zero attached hydrogens (tertiary/aromatic N) is 2. The minimum atomic E-state index is 0.766. The molecule has 0 amide bonds. The lowest BCUT2D eigenvalue weighted by Crippen LogP contribution is -2.51. The maximum Gasteiger partial charge on any atom is 0.169 e. The molecule has 3 nitrogen and oxygen atoms in total. The summed E-state index contributed by atoms with van der Waals surface area (Å²) in [7, 11) is 0. The standard InChI is InChI=1S/C17H25N3S/c1-14(2)12-18-17(21)20-9-7-19(8-10-20)13-16-6-4-5-15(3)11-16/h4-6,11H,1,7-10,12-13H2,2-3H3,(H,18,21). The average molecular weight is 303 g/mol. The van der Waals surface area contributed by atoms with E-state index in [1.165, 1.54) is 11.1 Å². The normalized spacial score (nSPS) is 15.8. The molecule has 1 aliphatic heterocycles. The van der Waals surface area contributed by atoms with E-state index in [4.69, 9.17) is 12.2 Å². The minimum absolute atomic E-state index is 0.766. The summed E-state index contributed by atoms with van der Waals surface area (Å²) < 4.78 is 0. The zero-order valence-corrected chi connectivity index (χ0v) is 13.9. The van der Waals surface area contributed by atoms with Gasteiger partial charge in [-0.2, -0.15) is 0 Å². The molecule has 21 heavy (non-hydrogen) atoms. The van der Waals surface area contributed by atoms with Crippen LogP contribution >= 0.6 is 12.2 Å². The van der Waals surface area contributed by atoms with Crippen molar-refractivity contribution in [2.75, 3.05) is 32.7 Å². The molecule has 0 unspecified atom stereocenters. The highest BCUT2D eigenvalue weighted by atomic mass is 32.1. The van der Waals surface area contributed by atoms with Crippen LogP contribution in [0, 0.1) is 6.92 Å². The Balaban J connectivity index is 1.78. The zero-order chi connectivity index (χ0) is 15.2. The van der Waals surface area contributed by atoms with Gasteiger partial charge in [0.15, 0.2) is 5.11 Å². The van der Waals surface area contributed by atoms with Crippen molar-refractivity contribution < 1.29 is 0 Å². The Morgan fingerprint density at radius 1 is 1.29 bits per heavy atom. The highest BCUT2D eigenvalue weighted by Gasteiger charge is 2.18. The highest BCUT2D eigenvalue weighted by molar-refractivity contribution is 7.80. The first-order chi connectivity index (χ1) is 10.0. The molecule has 0 radical (unpaired) electrons. The lowest BCUT2D eigenvalue weighted by molar-refractivity contribution is 0.174. The summed E-state index contributed by atoms with van der Waals surface area (Å²) in [6.07, 6.45) is 0. The summed E-state index contributed by atoms with van der Waals surface area (Å²) in [5.74, 6) is 0. The van der Waals surface area contributed by atoms with Crippen LogP contribution in [0.2, 0.25) is 0 Å². The molecule has 0 aromatic heterocycles. The van der Waals surface area contributed by atoms with Crippen molar-refractivity contribution in [1.29, 1.82) is 0 Å². The number of benzene rings is 1. The van der Waals surface area contributed by atoms with Crippen LogP contribution in [0.3, 0.4) is 0 Å². The van der Waals surface area contributed by atoms with Gasteiger partial charge in [0.05, 0.1) is 0 Å².